The molecule has 0 aromatic heterocycles. The van der Waals surface area contributed by atoms with Crippen molar-refractivity contribution in [1.82, 2.24) is 5.32 Å². The molecule has 0 saturated heterocycles. The number of aryl methyl sites for hydroxylation is 2. The second-order valence-corrected chi connectivity index (χ2v) is 6.46. The van der Waals surface area contributed by atoms with Gasteiger partial charge in [0.2, 0.25) is 0 Å². The minimum atomic E-state index is 0.989. The third kappa shape index (κ3) is 3.65. The predicted molar refractivity (Wildman–Crippen MR) is 87.3 cm³/mol. The third-order valence-electron chi connectivity index (χ3n) is 3.78. The van der Waals surface area contributed by atoms with Crippen LogP contribution in [0.3, 0.4) is 0 Å². The number of fused-ring (bicyclic) bond motifs is 1. The minimum Gasteiger partial charge on any atom is -0.312 e. The smallest absolute Gasteiger partial charge is 0.0205 e. The van der Waals surface area contributed by atoms with E-state index in [1.807, 2.05) is 11.8 Å². The highest BCUT2D eigenvalue weighted by Crippen LogP contribution is 2.22. The monoisotopic (exact) mass is 283 g/mol. The number of hydrogen-bond donors (Lipinski definition) is 1. The Hall–Kier alpha value is -1.25. The number of benzene rings is 2. The maximum absolute atomic E-state index is 3.54. The van der Waals surface area contributed by atoms with Crippen LogP contribution in [0.25, 0.3) is 0 Å². The summed E-state index contributed by atoms with van der Waals surface area (Å²) in [6.07, 6.45) is 3.88. The fraction of sp³-hybridized carbons (Fsp3) is 0.333. The number of hydrogen-bond acceptors (Lipinski definition) is 2. The van der Waals surface area contributed by atoms with Crippen LogP contribution in [-0.2, 0) is 19.4 Å². The van der Waals surface area contributed by atoms with Crippen LogP contribution in [0.15, 0.2) is 53.4 Å². The molecule has 0 spiro atoms. The van der Waals surface area contributed by atoms with Gasteiger partial charge in [0.25, 0.3) is 0 Å². The van der Waals surface area contributed by atoms with E-state index in [4.69, 9.17) is 0 Å². The second-order valence-electron chi connectivity index (χ2n) is 5.29. The van der Waals surface area contributed by atoms with Gasteiger partial charge < -0.3 is 5.32 Å². The Kier molecular flexibility index (Phi) is 4.77. The van der Waals surface area contributed by atoms with Crippen LogP contribution in [0.5, 0.6) is 0 Å². The van der Waals surface area contributed by atoms with Gasteiger partial charge in [-0.1, -0.05) is 36.4 Å². The van der Waals surface area contributed by atoms with E-state index in [1.165, 1.54) is 29.7 Å². The minimum absolute atomic E-state index is 0.989. The van der Waals surface area contributed by atoms with Crippen molar-refractivity contribution >= 4 is 11.8 Å². The number of thioether (sulfide) groups is 1. The van der Waals surface area contributed by atoms with Crippen molar-refractivity contribution < 1.29 is 0 Å². The largest absolute Gasteiger partial charge is 0.312 e. The van der Waals surface area contributed by atoms with E-state index in [2.05, 4.69) is 53.8 Å². The molecule has 0 saturated carbocycles. The van der Waals surface area contributed by atoms with Crippen LogP contribution in [0.1, 0.15) is 23.1 Å². The van der Waals surface area contributed by atoms with E-state index in [-0.39, 0.29) is 0 Å². The first-order chi connectivity index (χ1) is 9.92. The molecule has 0 fully saturated rings. The quantitative estimate of drug-likeness (QED) is 0.634. The van der Waals surface area contributed by atoms with Gasteiger partial charge >= 0.3 is 0 Å². The van der Waals surface area contributed by atoms with Crippen LogP contribution in [-0.4, -0.2) is 12.3 Å². The lowest BCUT2D eigenvalue weighted by Gasteiger charge is -2.07. The van der Waals surface area contributed by atoms with E-state index < -0.39 is 0 Å². The van der Waals surface area contributed by atoms with Crippen LogP contribution in [0.2, 0.25) is 0 Å². The topological polar surface area (TPSA) is 12.0 Å². The van der Waals surface area contributed by atoms with Gasteiger partial charge in [-0.2, -0.15) is 0 Å². The molecule has 1 aliphatic carbocycles. The molecule has 1 aliphatic rings. The highest BCUT2D eigenvalue weighted by Gasteiger charge is 2.10. The molecule has 0 amide bonds. The molecule has 0 aliphatic heterocycles. The standard InChI is InChI=1S/C18H21NS/c1-2-7-18(8-3-1)20-12-11-19-14-15-9-10-16-5-4-6-17(16)13-15/h1-3,7-10,13,19H,4-6,11-12,14H2. The molecule has 0 heterocycles. The fourth-order valence-corrected chi connectivity index (χ4v) is 3.56. The molecule has 0 atom stereocenters. The summed E-state index contributed by atoms with van der Waals surface area (Å²) in [5.74, 6) is 1.12. The molecule has 0 unspecified atom stereocenters. The van der Waals surface area contributed by atoms with Crippen molar-refractivity contribution in [3.8, 4) is 0 Å². The van der Waals surface area contributed by atoms with E-state index in [0.717, 1.165) is 18.8 Å². The lowest BCUT2D eigenvalue weighted by atomic mass is 10.1. The van der Waals surface area contributed by atoms with Crippen LogP contribution in [0.4, 0.5) is 0 Å². The van der Waals surface area contributed by atoms with Crippen LogP contribution < -0.4 is 5.32 Å². The summed E-state index contributed by atoms with van der Waals surface area (Å²) in [5, 5.41) is 3.54. The lowest BCUT2D eigenvalue weighted by molar-refractivity contribution is 0.731. The lowest BCUT2D eigenvalue weighted by Crippen LogP contribution is -2.16. The SMILES string of the molecule is c1ccc(SCCNCc2ccc3c(c2)CCC3)cc1. The molecule has 104 valence electrons. The summed E-state index contributed by atoms with van der Waals surface area (Å²) in [7, 11) is 0. The summed E-state index contributed by atoms with van der Waals surface area (Å²) >= 11 is 1.91. The Labute approximate surface area is 125 Å². The molecule has 1 nitrogen and oxygen atoms in total. The van der Waals surface area contributed by atoms with Gasteiger partial charge in [-0.25, -0.2) is 0 Å². The van der Waals surface area contributed by atoms with Gasteiger partial charge in [0.15, 0.2) is 0 Å². The average Bonchev–Trinajstić information content (AvgIpc) is 2.95. The molecule has 20 heavy (non-hydrogen) atoms. The predicted octanol–water partition coefficient (Wildman–Crippen LogP) is 4.06. The first-order valence-corrected chi connectivity index (χ1v) is 8.39. The maximum atomic E-state index is 3.54. The first-order valence-electron chi connectivity index (χ1n) is 7.41. The Morgan fingerprint density at radius 2 is 1.80 bits per heavy atom. The zero-order chi connectivity index (χ0) is 13.6. The molecule has 2 heteroatoms. The van der Waals surface area contributed by atoms with E-state index in [1.54, 1.807) is 11.1 Å². The summed E-state index contributed by atoms with van der Waals surface area (Å²) in [6.45, 7) is 2.04. The van der Waals surface area contributed by atoms with Crippen molar-refractivity contribution in [1.29, 1.82) is 0 Å². The second kappa shape index (κ2) is 6.96. The zero-order valence-corrected chi connectivity index (χ0v) is 12.6. The molecule has 2 aromatic rings. The summed E-state index contributed by atoms with van der Waals surface area (Å²) in [4.78, 5) is 1.35. The van der Waals surface area contributed by atoms with Crippen molar-refractivity contribution in [2.75, 3.05) is 12.3 Å². The summed E-state index contributed by atoms with van der Waals surface area (Å²) in [6, 6.07) is 17.6. The fourth-order valence-electron chi connectivity index (χ4n) is 2.73. The molecule has 0 bridgehead atoms. The first kappa shape index (κ1) is 13.7. The zero-order valence-electron chi connectivity index (χ0n) is 11.8. The van der Waals surface area contributed by atoms with Crippen LogP contribution in [0, 0.1) is 0 Å². The van der Waals surface area contributed by atoms with Crippen molar-refractivity contribution in [2.45, 2.75) is 30.7 Å². The van der Waals surface area contributed by atoms with Gasteiger partial charge in [0.05, 0.1) is 0 Å². The maximum Gasteiger partial charge on any atom is 0.0205 e. The summed E-state index contributed by atoms with van der Waals surface area (Å²) < 4.78 is 0. The molecule has 2 aromatic carbocycles. The van der Waals surface area contributed by atoms with Crippen molar-refractivity contribution in [3.05, 3.63) is 65.2 Å². The van der Waals surface area contributed by atoms with Gasteiger partial charge in [-0.15, -0.1) is 11.8 Å². The Bertz CT molecular complexity index is 551. The molecule has 3 rings (SSSR count). The van der Waals surface area contributed by atoms with Crippen LogP contribution >= 0.6 is 11.8 Å². The molecule has 1 N–H and O–H groups in total. The highest BCUT2D eigenvalue weighted by molar-refractivity contribution is 7.99. The Morgan fingerprint density at radius 3 is 2.70 bits per heavy atom. The summed E-state index contributed by atoms with van der Waals surface area (Å²) in [5.41, 5.74) is 4.56. The van der Waals surface area contributed by atoms with Crippen molar-refractivity contribution in [3.63, 3.8) is 0 Å². The number of nitrogens with one attached hydrogen (secondary N) is 1. The van der Waals surface area contributed by atoms with E-state index in [9.17, 15) is 0 Å². The van der Waals surface area contributed by atoms with E-state index in [0.29, 0.717) is 0 Å². The average molecular weight is 283 g/mol. The van der Waals surface area contributed by atoms with Gasteiger partial charge in [-0.3, -0.25) is 0 Å². The van der Waals surface area contributed by atoms with Gasteiger partial charge in [0, 0.05) is 23.7 Å². The highest BCUT2D eigenvalue weighted by atomic mass is 32.2. The Morgan fingerprint density at radius 1 is 0.950 bits per heavy atom. The molecule has 0 radical (unpaired) electrons. The van der Waals surface area contributed by atoms with Crippen molar-refractivity contribution in [2.24, 2.45) is 0 Å². The van der Waals surface area contributed by atoms with Gasteiger partial charge in [-0.05, 0) is 48.1 Å². The molecular weight excluding hydrogens is 262 g/mol. The van der Waals surface area contributed by atoms with E-state index >= 15 is 0 Å². The number of rotatable bonds is 6. The third-order valence-corrected chi connectivity index (χ3v) is 4.80. The van der Waals surface area contributed by atoms with Gasteiger partial charge in [0.1, 0.15) is 0 Å². The Balaban J connectivity index is 1.40. The normalized spacial score (nSPS) is 13.4. The molecular formula is C18H21NS.